The van der Waals surface area contributed by atoms with E-state index in [1.54, 1.807) is 11.3 Å². The molecule has 184 valence electrons. The zero-order valence-electron chi connectivity index (χ0n) is 20.9. The van der Waals surface area contributed by atoms with E-state index in [4.69, 9.17) is 19.9 Å². The van der Waals surface area contributed by atoms with E-state index >= 15 is 0 Å². The van der Waals surface area contributed by atoms with Gasteiger partial charge >= 0.3 is 0 Å². The summed E-state index contributed by atoms with van der Waals surface area (Å²) in [5, 5.41) is 0.979. The first kappa shape index (κ1) is 23.1. The highest BCUT2D eigenvalue weighted by Gasteiger charge is 2.17. The summed E-state index contributed by atoms with van der Waals surface area (Å²) in [7, 11) is 0. The minimum Gasteiger partial charge on any atom is -0.236 e. The number of rotatable bonds is 5. The van der Waals surface area contributed by atoms with Crippen molar-refractivity contribution in [3.8, 4) is 55.9 Å². The molecule has 2 heterocycles. The maximum Gasteiger partial charge on any atom is 0.165 e. The molecule has 0 aliphatic heterocycles. The van der Waals surface area contributed by atoms with Gasteiger partial charge in [-0.25, -0.2) is 19.9 Å². The fraction of sp³-hybridized carbons (Fsp3) is 0. The monoisotopic (exact) mass is 518 g/mol. The van der Waals surface area contributed by atoms with Crippen LogP contribution in [-0.2, 0) is 0 Å². The van der Waals surface area contributed by atoms with Crippen LogP contribution in [0.25, 0.3) is 66.1 Å². The van der Waals surface area contributed by atoms with E-state index in [-0.39, 0.29) is 0 Å². The Balaban J connectivity index is 1.37. The number of aromatic nitrogens is 4. The van der Waals surface area contributed by atoms with Crippen LogP contribution in [0.5, 0.6) is 0 Å². The van der Waals surface area contributed by atoms with Gasteiger partial charge in [0.1, 0.15) is 5.01 Å². The van der Waals surface area contributed by atoms with Gasteiger partial charge in [-0.2, -0.15) is 0 Å². The summed E-state index contributed by atoms with van der Waals surface area (Å²) < 4.78 is 1.06. The highest BCUT2D eigenvalue weighted by atomic mass is 32.1. The van der Waals surface area contributed by atoms with Crippen LogP contribution in [0.3, 0.4) is 0 Å². The largest absolute Gasteiger partial charge is 0.236 e. The summed E-state index contributed by atoms with van der Waals surface area (Å²) in [5.74, 6) is 1.93. The number of thiazole rings is 1. The highest BCUT2D eigenvalue weighted by Crippen LogP contribution is 2.36. The Hall–Kier alpha value is -5.00. The van der Waals surface area contributed by atoms with Crippen molar-refractivity contribution < 1.29 is 0 Å². The quantitative estimate of drug-likeness (QED) is 0.228. The van der Waals surface area contributed by atoms with Gasteiger partial charge in [0.2, 0.25) is 0 Å². The van der Waals surface area contributed by atoms with Gasteiger partial charge in [0, 0.05) is 22.3 Å². The van der Waals surface area contributed by atoms with Gasteiger partial charge in [-0.15, -0.1) is 11.3 Å². The van der Waals surface area contributed by atoms with Crippen molar-refractivity contribution in [3.63, 3.8) is 0 Å². The van der Waals surface area contributed by atoms with Gasteiger partial charge < -0.3 is 0 Å². The first-order valence-corrected chi connectivity index (χ1v) is 13.6. The SMILES string of the molecule is c1ccc(-c2ccc(-c3nc(-c4ccccc4)nc(-c4cccc5nc(-c6ccccc6)sc45)n3)cc2)cc1. The van der Waals surface area contributed by atoms with Crippen molar-refractivity contribution in [1.29, 1.82) is 0 Å². The molecule has 0 spiro atoms. The van der Waals surface area contributed by atoms with E-state index in [2.05, 4.69) is 66.7 Å². The second-order valence-electron chi connectivity index (χ2n) is 9.15. The molecule has 0 amide bonds. The van der Waals surface area contributed by atoms with Gasteiger partial charge in [-0.05, 0) is 23.3 Å². The third-order valence-corrected chi connectivity index (χ3v) is 7.75. The standard InChI is InChI=1S/C34H22N4S/c1-4-11-23(12-5-1)24-19-21-26(22-20-24)32-36-31(25-13-6-2-7-14-25)37-33(38-32)28-17-10-18-29-30(28)39-34(35-29)27-15-8-3-9-16-27/h1-22H. The maximum atomic E-state index is 4.99. The Bertz CT molecular complexity index is 1880. The fourth-order valence-electron chi connectivity index (χ4n) is 4.61. The van der Waals surface area contributed by atoms with Crippen LogP contribution < -0.4 is 0 Å². The molecule has 4 nitrogen and oxygen atoms in total. The zero-order chi connectivity index (χ0) is 26.0. The van der Waals surface area contributed by atoms with Gasteiger partial charge in [0.25, 0.3) is 0 Å². The summed E-state index contributed by atoms with van der Waals surface area (Å²) in [6.07, 6.45) is 0. The van der Waals surface area contributed by atoms with Crippen molar-refractivity contribution in [3.05, 3.63) is 133 Å². The Morgan fingerprint density at radius 3 is 1.49 bits per heavy atom. The molecule has 0 aliphatic carbocycles. The molecular weight excluding hydrogens is 496 g/mol. The molecule has 0 atom stereocenters. The molecule has 0 unspecified atom stereocenters. The smallest absolute Gasteiger partial charge is 0.165 e. The lowest BCUT2D eigenvalue weighted by Crippen LogP contribution is -2.00. The van der Waals surface area contributed by atoms with E-state index in [1.165, 1.54) is 5.56 Å². The van der Waals surface area contributed by atoms with Crippen molar-refractivity contribution in [2.24, 2.45) is 0 Å². The van der Waals surface area contributed by atoms with Crippen molar-refractivity contribution in [2.75, 3.05) is 0 Å². The average Bonchev–Trinajstić information content (AvgIpc) is 3.47. The molecule has 0 saturated carbocycles. The molecule has 39 heavy (non-hydrogen) atoms. The number of nitrogens with zero attached hydrogens (tertiary/aromatic N) is 4. The van der Waals surface area contributed by atoms with Crippen LogP contribution in [0.4, 0.5) is 0 Å². The molecular formula is C34H22N4S. The second-order valence-corrected chi connectivity index (χ2v) is 10.2. The highest BCUT2D eigenvalue weighted by molar-refractivity contribution is 7.22. The van der Waals surface area contributed by atoms with Crippen LogP contribution in [0.2, 0.25) is 0 Å². The first-order valence-electron chi connectivity index (χ1n) is 12.7. The van der Waals surface area contributed by atoms with Crippen LogP contribution in [-0.4, -0.2) is 19.9 Å². The summed E-state index contributed by atoms with van der Waals surface area (Å²) in [4.78, 5) is 19.8. The third kappa shape index (κ3) is 4.60. The van der Waals surface area contributed by atoms with Crippen molar-refractivity contribution in [2.45, 2.75) is 0 Å². The van der Waals surface area contributed by atoms with E-state index in [1.807, 2.05) is 66.7 Å². The van der Waals surface area contributed by atoms with E-state index < -0.39 is 0 Å². The average molecular weight is 519 g/mol. The number of fused-ring (bicyclic) bond motifs is 1. The lowest BCUT2D eigenvalue weighted by atomic mass is 10.0. The molecule has 0 bridgehead atoms. The van der Waals surface area contributed by atoms with E-state index in [0.29, 0.717) is 17.5 Å². The topological polar surface area (TPSA) is 51.6 Å². The van der Waals surface area contributed by atoms with Crippen LogP contribution in [0.15, 0.2) is 133 Å². The summed E-state index contributed by atoms with van der Waals surface area (Å²) in [6, 6.07) is 45.2. The molecule has 2 aromatic heterocycles. The lowest BCUT2D eigenvalue weighted by molar-refractivity contribution is 1.08. The molecule has 0 N–H and O–H groups in total. The number of benzene rings is 5. The summed E-state index contributed by atoms with van der Waals surface area (Å²) >= 11 is 1.66. The third-order valence-electron chi connectivity index (χ3n) is 6.59. The Labute approximate surface area is 230 Å². The molecule has 5 heteroatoms. The van der Waals surface area contributed by atoms with Gasteiger partial charge in [0.15, 0.2) is 17.5 Å². The normalized spacial score (nSPS) is 11.1. The molecule has 5 aromatic carbocycles. The zero-order valence-corrected chi connectivity index (χ0v) is 21.7. The minimum atomic E-state index is 0.639. The molecule has 0 radical (unpaired) electrons. The lowest BCUT2D eigenvalue weighted by Gasteiger charge is -2.09. The molecule has 0 aliphatic rings. The number of hydrogen-bond acceptors (Lipinski definition) is 5. The molecule has 7 aromatic rings. The fourth-order valence-corrected chi connectivity index (χ4v) is 5.69. The van der Waals surface area contributed by atoms with Crippen molar-refractivity contribution >= 4 is 21.6 Å². The van der Waals surface area contributed by atoms with Gasteiger partial charge in [-0.1, -0.05) is 121 Å². The maximum absolute atomic E-state index is 4.99. The van der Waals surface area contributed by atoms with E-state index in [9.17, 15) is 0 Å². The predicted molar refractivity (Wildman–Crippen MR) is 160 cm³/mol. The van der Waals surface area contributed by atoms with Crippen LogP contribution in [0, 0.1) is 0 Å². The summed E-state index contributed by atoms with van der Waals surface area (Å²) in [6.45, 7) is 0. The second kappa shape index (κ2) is 10.0. The van der Waals surface area contributed by atoms with Crippen LogP contribution >= 0.6 is 11.3 Å². The Morgan fingerprint density at radius 2 is 0.846 bits per heavy atom. The molecule has 0 saturated heterocycles. The summed E-state index contributed by atoms with van der Waals surface area (Å²) in [5.41, 5.74) is 7.21. The predicted octanol–water partition coefficient (Wildman–Crippen LogP) is 8.82. The minimum absolute atomic E-state index is 0.639. The van der Waals surface area contributed by atoms with Crippen molar-refractivity contribution in [1.82, 2.24) is 19.9 Å². The Morgan fingerprint density at radius 1 is 0.359 bits per heavy atom. The molecule has 7 rings (SSSR count). The Kier molecular flexibility index (Phi) is 5.96. The van der Waals surface area contributed by atoms with Gasteiger partial charge in [0.05, 0.1) is 10.2 Å². The van der Waals surface area contributed by atoms with Crippen LogP contribution in [0.1, 0.15) is 0 Å². The first-order chi connectivity index (χ1) is 19.3. The van der Waals surface area contributed by atoms with E-state index in [0.717, 1.165) is 43.0 Å². The number of hydrogen-bond donors (Lipinski definition) is 0. The molecule has 0 fully saturated rings. The van der Waals surface area contributed by atoms with Gasteiger partial charge in [-0.3, -0.25) is 0 Å².